The Balaban J connectivity index is 3.00. The van der Waals surface area contributed by atoms with E-state index in [1.165, 1.54) is 0 Å². The Labute approximate surface area is 95.6 Å². The topological polar surface area (TPSA) is 52.6 Å². The smallest absolute Gasteiger partial charge is 0.333 e. The number of hydrogen-bond acceptors (Lipinski definition) is 4. The van der Waals surface area contributed by atoms with Crippen molar-refractivity contribution in [1.82, 2.24) is 0 Å². The maximum absolute atomic E-state index is 11.6. The van der Waals surface area contributed by atoms with Crippen molar-refractivity contribution in [3.63, 3.8) is 0 Å². The second-order valence-corrected chi connectivity index (χ2v) is 4.72. The Morgan fingerprint density at radius 2 is 2.12 bits per heavy atom. The van der Waals surface area contributed by atoms with Crippen molar-refractivity contribution in [2.24, 2.45) is 5.41 Å². The zero-order valence-electron chi connectivity index (χ0n) is 10.3. The molecule has 1 fully saturated rings. The summed E-state index contributed by atoms with van der Waals surface area (Å²) in [4.78, 5) is 23.2. The molecule has 0 spiro atoms. The maximum atomic E-state index is 11.6. The monoisotopic (exact) mass is 226 g/mol. The molecule has 0 amide bonds. The quantitative estimate of drug-likeness (QED) is 0.544. The highest BCUT2D eigenvalue weighted by atomic mass is 16.6. The Kier molecular flexibility index (Phi) is 3.13. The van der Waals surface area contributed by atoms with Gasteiger partial charge in [-0.25, -0.2) is 4.79 Å². The molecule has 1 aliphatic heterocycles. The molecular weight excluding hydrogens is 208 g/mol. The van der Waals surface area contributed by atoms with E-state index in [0.29, 0.717) is 12.0 Å². The molecule has 0 aromatic carbocycles. The summed E-state index contributed by atoms with van der Waals surface area (Å²) in [7, 11) is 0. The van der Waals surface area contributed by atoms with E-state index >= 15 is 0 Å². The summed E-state index contributed by atoms with van der Waals surface area (Å²) in [5.41, 5.74) is -1.37. The van der Waals surface area contributed by atoms with Crippen LogP contribution < -0.4 is 0 Å². The van der Waals surface area contributed by atoms with Crippen LogP contribution in [0.2, 0.25) is 0 Å². The lowest BCUT2D eigenvalue weighted by Gasteiger charge is -2.35. The van der Waals surface area contributed by atoms with Crippen molar-refractivity contribution in [2.45, 2.75) is 39.7 Å². The molecule has 4 nitrogen and oxygen atoms in total. The van der Waals surface area contributed by atoms with E-state index in [9.17, 15) is 9.59 Å². The lowest BCUT2D eigenvalue weighted by Crippen LogP contribution is -2.48. The predicted octanol–water partition coefficient (Wildman–Crippen LogP) is 1.84. The summed E-state index contributed by atoms with van der Waals surface area (Å²) < 4.78 is 10.4. The predicted molar refractivity (Wildman–Crippen MR) is 58.7 cm³/mol. The Morgan fingerprint density at radius 1 is 1.56 bits per heavy atom. The lowest BCUT2D eigenvalue weighted by atomic mass is 9.75. The number of hydrogen-bond donors (Lipinski definition) is 0. The number of ether oxygens (including phenoxy) is 2. The van der Waals surface area contributed by atoms with Crippen LogP contribution in [-0.2, 0) is 19.1 Å². The molecule has 0 radical (unpaired) electrons. The first-order valence-electron chi connectivity index (χ1n) is 5.33. The number of cyclic esters (lactones) is 1. The van der Waals surface area contributed by atoms with Crippen LogP contribution in [0.4, 0.5) is 0 Å². The second kappa shape index (κ2) is 3.92. The molecular formula is C12H18O4. The standard InChI is InChI=1S/C12H18O4/c1-6-12(16-9(13)8(2)3)7-15-10(14)11(12,4)5/h2,6-7H2,1,3-5H3. The van der Waals surface area contributed by atoms with E-state index in [0.717, 1.165) is 0 Å². The first kappa shape index (κ1) is 12.7. The minimum Gasteiger partial charge on any atom is -0.461 e. The summed E-state index contributed by atoms with van der Waals surface area (Å²) in [6.45, 7) is 10.6. The van der Waals surface area contributed by atoms with Crippen LogP contribution in [0.1, 0.15) is 34.1 Å². The van der Waals surface area contributed by atoms with Gasteiger partial charge >= 0.3 is 11.9 Å². The van der Waals surface area contributed by atoms with Crippen molar-refractivity contribution >= 4 is 11.9 Å². The molecule has 0 bridgehead atoms. The molecule has 0 N–H and O–H groups in total. The van der Waals surface area contributed by atoms with Gasteiger partial charge in [-0.2, -0.15) is 0 Å². The lowest BCUT2D eigenvalue weighted by molar-refractivity contribution is -0.166. The molecule has 90 valence electrons. The zero-order chi connectivity index (χ0) is 12.6. The van der Waals surface area contributed by atoms with Gasteiger partial charge in [0.25, 0.3) is 0 Å². The highest BCUT2D eigenvalue weighted by molar-refractivity contribution is 5.88. The largest absolute Gasteiger partial charge is 0.461 e. The van der Waals surface area contributed by atoms with Gasteiger partial charge in [-0.05, 0) is 27.2 Å². The van der Waals surface area contributed by atoms with Crippen molar-refractivity contribution in [1.29, 1.82) is 0 Å². The summed E-state index contributed by atoms with van der Waals surface area (Å²) in [6, 6.07) is 0. The zero-order valence-corrected chi connectivity index (χ0v) is 10.3. The van der Waals surface area contributed by atoms with E-state index in [-0.39, 0.29) is 12.6 Å². The van der Waals surface area contributed by atoms with Crippen molar-refractivity contribution < 1.29 is 19.1 Å². The van der Waals surface area contributed by atoms with Crippen molar-refractivity contribution in [3.8, 4) is 0 Å². The molecule has 1 rings (SSSR count). The van der Waals surface area contributed by atoms with E-state index in [1.807, 2.05) is 6.92 Å². The van der Waals surface area contributed by atoms with Gasteiger partial charge in [0.05, 0.1) is 0 Å². The highest BCUT2D eigenvalue weighted by Crippen LogP contribution is 2.43. The van der Waals surface area contributed by atoms with Crippen LogP contribution in [0.15, 0.2) is 12.2 Å². The first-order chi connectivity index (χ1) is 7.27. The summed E-state index contributed by atoms with van der Waals surface area (Å²) in [5.74, 6) is -0.808. The van der Waals surface area contributed by atoms with Crippen LogP contribution in [0.25, 0.3) is 0 Å². The molecule has 1 saturated heterocycles. The average molecular weight is 226 g/mol. The number of esters is 2. The minimum atomic E-state index is -0.875. The van der Waals surface area contributed by atoms with Crippen LogP contribution in [0.3, 0.4) is 0 Å². The number of rotatable bonds is 3. The summed E-state index contributed by atoms with van der Waals surface area (Å²) in [6.07, 6.45) is 0.533. The molecule has 1 aliphatic rings. The third-order valence-corrected chi connectivity index (χ3v) is 3.29. The van der Waals surface area contributed by atoms with E-state index in [2.05, 4.69) is 6.58 Å². The van der Waals surface area contributed by atoms with Gasteiger partial charge in [0.15, 0.2) is 5.60 Å². The Morgan fingerprint density at radius 3 is 2.44 bits per heavy atom. The van der Waals surface area contributed by atoms with Crippen molar-refractivity contribution in [2.75, 3.05) is 6.61 Å². The van der Waals surface area contributed by atoms with Crippen LogP contribution in [0.5, 0.6) is 0 Å². The fraction of sp³-hybridized carbons (Fsp3) is 0.667. The van der Waals surface area contributed by atoms with Gasteiger partial charge < -0.3 is 9.47 Å². The van der Waals surface area contributed by atoms with Crippen molar-refractivity contribution in [3.05, 3.63) is 12.2 Å². The third kappa shape index (κ3) is 1.72. The Hall–Kier alpha value is -1.32. The first-order valence-corrected chi connectivity index (χ1v) is 5.33. The maximum Gasteiger partial charge on any atom is 0.333 e. The molecule has 0 aliphatic carbocycles. The normalized spacial score (nSPS) is 27.4. The number of carbonyl (C=O) groups is 2. The highest BCUT2D eigenvalue weighted by Gasteiger charge is 2.58. The van der Waals surface area contributed by atoms with E-state index in [1.54, 1.807) is 20.8 Å². The molecule has 1 heterocycles. The molecule has 0 aromatic heterocycles. The van der Waals surface area contributed by atoms with Crippen LogP contribution in [0, 0.1) is 5.41 Å². The van der Waals surface area contributed by atoms with Gasteiger partial charge in [-0.3, -0.25) is 4.79 Å². The molecule has 1 unspecified atom stereocenters. The van der Waals surface area contributed by atoms with Gasteiger partial charge in [-0.1, -0.05) is 13.5 Å². The minimum absolute atomic E-state index is 0.119. The van der Waals surface area contributed by atoms with Gasteiger partial charge in [-0.15, -0.1) is 0 Å². The van der Waals surface area contributed by atoms with Crippen LogP contribution in [-0.4, -0.2) is 24.1 Å². The number of carbonyl (C=O) groups excluding carboxylic acids is 2. The van der Waals surface area contributed by atoms with Gasteiger partial charge in [0, 0.05) is 5.57 Å². The molecule has 1 atom stereocenters. The molecule has 0 aromatic rings. The fourth-order valence-corrected chi connectivity index (χ4v) is 1.77. The SMILES string of the molecule is C=C(C)C(=O)OC1(CC)COC(=O)C1(C)C. The van der Waals surface area contributed by atoms with Gasteiger partial charge in [0.2, 0.25) is 0 Å². The second-order valence-electron chi connectivity index (χ2n) is 4.72. The summed E-state index contributed by atoms with van der Waals surface area (Å²) in [5, 5.41) is 0. The molecule has 0 saturated carbocycles. The third-order valence-electron chi connectivity index (χ3n) is 3.29. The van der Waals surface area contributed by atoms with E-state index < -0.39 is 17.0 Å². The van der Waals surface area contributed by atoms with E-state index in [4.69, 9.17) is 9.47 Å². The van der Waals surface area contributed by atoms with Crippen LogP contribution >= 0.6 is 0 Å². The fourth-order valence-electron chi connectivity index (χ4n) is 1.77. The molecule has 4 heteroatoms. The molecule has 16 heavy (non-hydrogen) atoms. The average Bonchev–Trinajstić information content (AvgIpc) is 2.42. The Bertz CT molecular complexity index is 343. The van der Waals surface area contributed by atoms with Gasteiger partial charge in [0.1, 0.15) is 12.0 Å². The summed E-state index contributed by atoms with van der Waals surface area (Å²) >= 11 is 0.